The maximum Gasteiger partial charge on any atom is 0.0723 e. The van der Waals surface area contributed by atoms with Gasteiger partial charge in [-0.15, -0.1) is 0 Å². The number of benzene rings is 1. The summed E-state index contributed by atoms with van der Waals surface area (Å²) in [5.41, 5.74) is 4.00. The number of ether oxygens (including phenoxy) is 1. The number of hydrogen-bond acceptors (Lipinski definition) is 1. The molecule has 2 heteroatoms. The molecule has 1 aliphatic heterocycles. The van der Waals surface area contributed by atoms with Crippen molar-refractivity contribution >= 4 is 16.3 Å². The second-order valence-corrected chi connectivity index (χ2v) is 7.00. The lowest BCUT2D eigenvalue weighted by molar-refractivity contribution is -0.0210. The minimum Gasteiger partial charge on any atom is -0.375 e. The van der Waals surface area contributed by atoms with Gasteiger partial charge >= 0.3 is 0 Å². The molecule has 0 bridgehead atoms. The zero-order chi connectivity index (χ0) is 12.3. The molecule has 92 valence electrons. The van der Waals surface area contributed by atoms with Crippen LogP contribution in [-0.4, -0.2) is 16.8 Å². The van der Waals surface area contributed by atoms with E-state index in [2.05, 4.69) is 44.2 Å². The highest BCUT2D eigenvalue weighted by Gasteiger charge is 2.29. The van der Waals surface area contributed by atoms with Crippen molar-refractivity contribution in [3.8, 4) is 0 Å². The predicted molar refractivity (Wildman–Crippen MR) is 77.2 cm³/mol. The third-order valence-electron chi connectivity index (χ3n) is 3.45. The fourth-order valence-electron chi connectivity index (χ4n) is 2.43. The number of rotatable bonds is 2. The molecule has 17 heavy (non-hydrogen) atoms. The summed E-state index contributed by atoms with van der Waals surface area (Å²) in [6.45, 7) is 5.19. The largest absolute Gasteiger partial charge is 0.375 e. The molecule has 1 aromatic carbocycles. The van der Waals surface area contributed by atoms with Gasteiger partial charge < -0.3 is 4.74 Å². The van der Waals surface area contributed by atoms with Crippen LogP contribution in [0.25, 0.3) is 6.08 Å². The van der Waals surface area contributed by atoms with E-state index < -0.39 is 0 Å². The third-order valence-corrected chi connectivity index (χ3v) is 4.81. The molecular formula is C15H22OSi. The topological polar surface area (TPSA) is 9.23 Å². The van der Waals surface area contributed by atoms with Gasteiger partial charge in [0.1, 0.15) is 0 Å². The second-order valence-electron chi connectivity index (χ2n) is 5.38. The first-order chi connectivity index (χ1) is 8.10. The Labute approximate surface area is 107 Å². The van der Waals surface area contributed by atoms with Crippen LogP contribution in [0, 0.1) is 0 Å². The van der Waals surface area contributed by atoms with Crippen molar-refractivity contribution in [2.75, 3.05) is 6.61 Å². The van der Waals surface area contributed by atoms with Gasteiger partial charge in [-0.05, 0) is 44.2 Å². The van der Waals surface area contributed by atoms with Crippen LogP contribution < -0.4 is 0 Å². The number of hydrogen-bond donors (Lipinski definition) is 0. The molecule has 0 saturated carbocycles. The zero-order valence-electron chi connectivity index (χ0n) is 11.1. The lowest BCUT2D eigenvalue weighted by atomic mass is 9.99. The molecule has 2 rings (SSSR count). The molecular weight excluding hydrogens is 224 g/mol. The van der Waals surface area contributed by atoms with Crippen molar-refractivity contribution in [3.05, 3.63) is 41.0 Å². The van der Waals surface area contributed by atoms with Gasteiger partial charge in [0.15, 0.2) is 0 Å². The van der Waals surface area contributed by atoms with Gasteiger partial charge in [-0.3, -0.25) is 0 Å². The monoisotopic (exact) mass is 246 g/mol. The maximum atomic E-state index is 6.02. The molecule has 0 N–H and O–H groups in total. The van der Waals surface area contributed by atoms with E-state index in [1.807, 2.05) is 0 Å². The molecule has 1 aliphatic rings. The van der Waals surface area contributed by atoms with Crippen LogP contribution in [0.5, 0.6) is 0 Å². The molecule has 1 nitrogen and oxygen atoms in total. The Morgan fingerprint density at radius 2 is 1.94 bits per heavy atom. The first kappa shape index (κ1) is 12.6. The average molecular weight is 246 g/mol. The molecule has 1 fully saturated rings. The smallest absolute Gasteiger partial charge is 0.0723 e. The van der Waals surface area contributed by atoms with Gasteiger partial charge in [-0.1, -0.05) is 35.9 Å². The summed E-state index contributed by atoms with van der Waals surface area (Å²) in [5, 5.41) is 0.0712. The second kappa shape index (κ2) is 5.19. The minimum absolute atomic E-state index is 0.0712. The standard InChI is InChI=1S/C15H22OSi/c1-12(2)11-13-5-7-14(8-6-13)15(17)9-3-4-10-16-15/h5-8,11H,3-4,9-10H2,1-2,17H3. The van der Waals surface area contributed by atoms with E-state index in [-0.39, 0.29) is 5.22 Å². The van der Waals surface area contributed by atoms with Crippen LogP contribution in [-0.2, 0) is 9.96 Å². The van der Waals surface area contributed by atoms with Crippen molar-refractivity contribution in [2.24, 2.45) is 0 Å². The van der Waals surface area contributed by atoms with E-state index in [9.17, 15) is 0 Å². The molecule has 0 radical (unpaired) electrons. The van der Waals surface area contributed by atoms with Gasteiger partial charge in [0.05, 0.1) is 5.22 Å². The molecule has 0 spiro atoms. The summed E-state index contributed by atoms with van der Waals surface area (Å²) in [6, 6.07) is 8.90. The van der Waals surface area contributed by atoms with Crippen LogP contribution in [0.1, 0.15) is 44.2 Å². The Balaban J connectivity index is 2.19. The van der Waals surface area contributed by atoms with Crippen LogP contribution in [0.3, 0.4) is 0 Å². The lowest BCUT2D eigenvalue weighted by Crippen LogP contribution is -2.33. The highest BCUT2D eigenvalue weighted by molar-refractivity contribution is 6.14. The molecule has 0 amide bonds. The Morgan fingerprint density at radius 1 is 1.24 bits per heavy atom. The fraction of sp³-hybridized carbons (Fsp3) is 0.467. The van der Waals surface area contributed by atoms with Crippen molar-refractivity contribution in [3.63, 3.8) is 0 Å². The SMILES string of the molecule is CC(C)=Cc1ccc(C2([SiH3])CCCCO2)cc1. The predicted octanol–water partition coefficient (Wildman–Crippen LogP) is 2.83. The molecule has 1 heterocycles. The van der Waals surface area contributed by atoms with Gasteiger partial charge in [0, 0.05) is 16.8 Å². The Morgan fingerprint density at radius 3 is 2.47 bits per heavy atom. The van der Waals surface area contributed by atoms with Crippen LogP contribution in [0.2, 0.25) is 0 Å². The number of allylic oxidation sites excluding steroid dienone is 1. The summed E-state index contributed by atoms with van der Waals surface area (Å²) in [7, 11) is 1.08. The minimum atomic E-state index is 0.0712. The summed E-state index contributed by atoms with van der Waals surface area (Å²) >= 11 is 0. The van der Waals surface area contributed by atoms with Crippen LogP contribution in [0.4, 0.5) is 0 Å². The molecule has 0 aliphatic carbocycles. The molecule has 1 unspecified atom stereocenters. The van der Waals surface area contributed by atoms with E-state index in [1.165, 1.54) is 36.0 Å². The van der Waals surface area contributed by atoms with E-state index in [0.29, 0.717) is 0 Å². The highest BCUT2D eigenvalue weighted by Crippen LogP contribution is 2.32. The molecule has 1 atom stereocenters. The van der Waals surface area contributed by atoms with Crippen molar-refractivity contribution in [1.82, 2.24) is 0 Å². The first-order valence-electron chi connectivity index (χ1n) is 6.50. The van der Waals surface area contributed by atoms with E-state index in [0.717, 1.165) is 16.8 Å². The Bertz CT molecular complexity index is 395. The lowest BCUT2D eigenvalue weighted by Gasteiger charge is -2.34. The summed E-state index contributed by atoms with van der Waals surface area (Å²) in [4.78, 5) is 0. The Kier molecular flexibility index (Phi) is 3.85. The zero-order valence-corrected chi connectivity index (χ0v) is 13.1. The maximum absolute atomic E-state index is 6.02. The third kappa shape index (κ3) is 3.08. The van der Waals surface area contributed by atoms with Gasteiger partial charge in [-0.2, -0.15) is 0 Å². The Hall–Kier alpha value is -0.863. The summed E-state index contributed by atoms with van der Waals surface area (Å²) < 4.78 is 6.02. The molecule has 0 aromatic heterocycles. The van der Waals surface area contributed by atoms with Crippen LogP contribution >= 0.6 is 0 Å². The van der Waals surface area contributed by atoms with Crippen molar-refractivity contribution in [2.45, 2.75) is 38.3 Å². The molecule has 1 saturated heterocycles. The van der Waals surface area contributed by atoms with Gasteiger partial charge in [0.25, 0.3) is 0 Å². The van der Waals surface area contributed by atoms with E-state index in [4.69, 9.17) is 4.74 Å². The normalized spacial score (nSPS) is 24.6. The van der Waals surface area contributed by atoms with Gasteiger partial charge in [0.2, 0.25) is 0 Å². The van der Waals surface area contributed by atoms with E-state index in [1.54, 1.807) is 0 Å². The summed E-state index contributed by atoms with van der Waals surface area (Å²) in [5.74, 6) is 0. The van der Waals surface area contributed by atoms with E-state index >= 15 is 0 Å². The van der Waals surface area contributed by atoms with Crippen molar-refractivity contribution in [1.29, 1.82) is 0 Å². The highest BCUT2D eigenvalue weighted by atomic mass is 28.1. The summed E-state index contributed by atoms with van der Waals surface area (Å²) in [6.07, 6.45) is 5.94. The van der Waals surface area contributed by atoms with Crippen molar-refractivity contribution < 1.29 is 4.74 Å². The molecule has 1 aromatic rings. The first-order valence-corrected chi connectivity index (χ1v) is 7.50. The quantitative estimate of drug-likeness (QED) is 0.729. The van der Waals surface area contributed by atoms with Gasteiger partial charge in [-0.25, -0.2) is 0 Å². The van der Waals surface area contributed by atoms with Crippen LogP contribution in [0.15, 0.2) is 29.8 Å². The fourth-order valence-corrected chi connectivity index (χ4v) is 3.32. The average Bonchev–Trinajstić information content (AvgIpc) is 2.30.